The molecule has 1 N–H and O–H groups in total. The Labute approximate surface area is 111 Å². The molecule has 1 rings (SSSR count). The summed E-state index contributed by atoms with van der Waals surface area (Å²) >= 11 is 6.11. The summed E-state index contributed by atoms with van der Waals surface area (Å²) in [6, 6.07) is 6.26. The summed E-state index contributed by atoms with van der Waals surface area (Å²) in [6.45, 7) is 13.1. The number of hydrogen-bond acceptors (Lipinski definition) is 1. The molecule has 0 radical (unpaired) electrons. The molecule has 0 aliphatic rings. The lowest BCUT2D eigenvalue weighted by Crippen LogP contribution is -2.33. The van der Waals surface area contributed by atoms with Crippen molar-refractivity contribution < 1.29 is 0 Å². The first-order valence-corrected chi connectivity index (χ1v) is 6.66. The summed E-state index contributed by atoms with van der Waals surface area (Å²) in [5.41, 5.74) is 2.71. The molecule has 0 bridgehead atoms. The van der Waals surface area contributed by atoms with E-state index in [1.54, 1.807) is 0 Å². The first-order valence-electron chi connectivity index (χ1n) is 6.28. The SMILES string of the molecule is Cc1ccc(CNCC(C)(C)C(C)C)cc1Cl. The lowest BCUT2D eigenvalue weighted by molar-refractivity contribution is 0.238. The fourth-order valence-electron chi connectivity index (χ4n) is 1.48. The highest BCUT2D eigenvalue weighted by Gasteiger charge is 2.21. The average molecular weight is 254 g/mol. The van der Waals surface area contributed by atoms with Crippen LogP contribution in [-0.2, 0) is 6.54 Å². The van der Waals surface area contributed by atoms with Gasteiger partial charge < -0.3 is 5.32 Å². The van der Waals surface area contributed by atoms with Gasteiger partial charge in [0.05, 0.1) is 0 Å². The Balaban J connectivity index is 2.49. The van der Waals surface area contributed by atoms with Crippen LogP contribution in [0.1, 0.15) is 38.8 Å². The van der Waals surface area contributed by atoms with E-state index in [-0.39, 0.29) is 0 Å². The van der Waals surface area contributed by atoms with Crippen LogP contribution in [0.4, 0.5) is 0 Å². The smallest absolute Gasteiger partial charge is 0.0438 e. The van der Waals surface area contributed by atoms with E-state index in [2.05, 4.69) is 45.1 Å². The van der Waals surface area contributed by atoms with Gasteiger partial charge in [-0.15, -0.1) is 0 Å². The standard InChI is InChI=1S/C15H24ClN/c1-11(2)15(4,5)10-17-9-13-7-6-12(3)14(16)8-13/h6-8,11,17H,9-10H2,1-5H3. The molecule has 1 nitrogen and oxygen atoms in total. The number of halogens is 1. The fourth-order valence-corrected chi connectivity index (χ4v) is 1.68. The molecule has 0 unspecified atom stereocenters. The Kier molecular flexibility index (Phi) is 5.03. The Morgan fingerprint density at radius 2 is 1.94 bits per heavy atom. The summed E-state index contributed by atoms with van der Waals surface area (Å²) in [5.74, 6) is 0.677. The molecule has 96 valence electrons. The van der Waals surface area contributed by atoms with Gasteiger partial charge in [-0.2, -0.15) is 0 Å². The van der Waals surface area contributed by atoms with E-state index in [4.69, 9.17) is 11.6 Å². The highest BCUT2D eigenvalue weighted by atomic mass is 35.5. The van der Waals surface area contributed by atoms with E-state index in [0.717, 1.165) is 23.7 Å². The number of nitrogens with one attached hydrogen (secondary N) is 1. The van der Waals surface area contributed by atoms with Gasteiger partial charge in [0.2, 0.25) is 0 Å². The van der Waals surface area contributed by atoms with Crippen LogP contribution in [0.25, 0.3) is 0 Å². The first kappa shape index (κ1) is 14.5. The molecule has 0 aliphatic heterocycles. The molecular formula is C15H24ClN. The predicted molar refractivity (Wildman–Crippen MR) is 76.5 cm³/mol. The maximum Gasteiger partial charge on any atom is 0.0438 e. The van der Waals surface area contributed by atoms with Crippen molar-refractivity contribution >= 4 is 11.6 Å². The zero-order valence-electron chi connectivity index (χ0n) is 11.6. The molecule has 1 aromatic rings. The van der Waals surface area contributed by atoms with Gasteiger partial charge in [0.15, 0.2) is 0 Å². The zero-order valence-corrected chi connectivity index (χ0v) is 12.4. The fraction of sp³-hybridized carbons (Fsp3) is 0.600. The van der Waals surface area contributed by atoms with Crippen molar-refractivity contribution in [3.05, 3.63) is 34.3 Å². The minimum atomic E-state index is 0.328. The van der Waals surface area contributed by atoms with Crippen molar-refractivity contribution in [1.29, 1.82) is 0 Å². The van der Waals surface area contributed by atoms with Gasteiger partial charge in [0.25, 0.3) is 0 Å². The minimum Gasteiger partial charge on any atom is -0.312 e. The number of benzene rings is 1. The molecule has 0 amide bonds. The Hall–Kier alpha value is -0.530. The van der Waals surface area contributed by atoms with Crippen LogP contribution in [0.2, 0.25) is 5.02 Å². The molecule has 0 saturated carbocycles. The summed E-state index contributed by atoms with van der Waals surface area (Å²) in [4.78, 5) is 0. The number of hydrogen-bond donors (Lipinski definition) is 1. The normalized spacial score (nSPS) is 12.2. The van der Waals surface area contributed by atoms with Crippen LogP contribution in [0.5, 0.6) is 0 Å². The topological polar surface area (TPSA) is 12.0 Å². The second-order valence-corrected chi connectivity index (χ2v) is 6.24. The van der Waals surface area contributed by atoms with Gasteiger partial charge in [-0.05, 0) is 35.4 Å². The van der Waals surface area contributed by atoms with E-state index in [1.165, 1.54) is 5.56 Å². The maximum absolute atomic E-state index is 6.11. The molecule has 0 heterocycles. The second-order valence-electron chi connectivity index (χ2n) is 5.83. The average Bonchev–Trinajstić information content (AvgIpc) is 2.23. The number of aryl methyl sites for hydroxylation is 1. The highest BCUT2D eigenvalue weighted by Crippen LogP contribution is 2.25. The van der Waals surface area contributed by atoms with Crippen molar-refractivity contribution in [2.75, 3.05) is 6.54 Å². The molecule has 17 heavy (non-hydrogen) atoms. The first-order chi connectivity index (χ1) is 7.83. The van der Waals surface area contributed by atoms with E-state index in [0.29, 0.717) is 11.3 Å². The molecule has 0 aliphatic carbocycles. The molecular weight excluding hydrogens is 230 g/mol. The van der Waals surface area contributed by atoms with Gasteiger partial charge in [-0.1, -0.05) is 51.4 Å². The van der Waals surface area contributed by atoms with Gasteiger partial charge >= 0.3 is 0 Å². The predicted octanol–water partition coefficient (Wildman–Crippen LogP) is 4.42. The minimum absolute atomic E-state index is 0.328. The van der Waals surface area contributed by atoms with Crippen LogP contribution in [0.15, 0.2) is 18.2 Å². The zero-order chi connectivity index (χ0) is 13.1. The van der Waals surface area contributed by atoms with E-state index in [1.807, 2.05) is 13.0 Å². The van der Waals surface area contributed by atoms with E-state index < -0.39 is 0 Å². The monoisotopic (exact) mass is 253 g/mol. The maximum atomic E-state index is 6.11. The summed E-state index contributed by atoms with van der Waals surface area (Å²) in [7, 11) is 0. The van der Waals surface area contributed by atoms with Crippen molar-refractivity contribution in [3.8, 4) is 0 Å². The summed E-state index contributed by atoms with van der Waals surface area (Å²) in [5, 5.41) is 4.37. The third-order valence-corrected chi connectivity index (χ3v) is 4.12. The van der Waals surface area contributed by atoms with Crippen LogP contribution >= 0.6 is 11.6 Å². The van der Waals surface area contributed by atoms with Crippen LogP contribution in [0.3, 0.4) is 0 Å². The van der Waals surface area contributed by atoms with Crippen LogP contribution < -0.4 is 5.32 Å². The Morgan fingerprint density at radius 3 is 2.47 bits per heavy atom. The summed E-state index contributed by atoms with van der Waals surface area (Å²) < 4.78 is 0. The van der Waals surface area contributed by atoms with E-state index >= 15 is 0 Å². The third kappa shape index (κ3) is 4.33. The summed E-state index contributed by atoms with van der Waals surface area (Å²) in [6.07, 6.45) is 0. The lowest BCUT2D eigenvalue weighted by atomic mass is 9.81. The molecule has 0 atom stereocenters. The largest absolute Gasteiger partial charge is 0.312 e. The van der Waals surface area contributed by atoms with Crippen LogP contribution in [-0.4, -0.2) is 6.54 Å². The third-order valence-electron chi connectivity index (χ3n) is 3.71. The quantitative estimate of drug-likeness (QED) is 0.819. The second kappa shape index (κ2) is 5.88. The molecule has 0 fully saturated rings. The molecule has 0 aromatic heterocycles. The lowest BCUT2D eigenvalue weighted by Gasteiger charge is -2.29. The molecule has 1 aromatic carbocycles. The van der Waals surface area contributed by atoms with Crippen LogP contribution in [0, 0.1) is 18.3 Å². The highest BCUT2D eigenvalue weighted by molar-refractivity contribution is 6.31. The van der Waals surface area contributed by atoms with Gasteiger partial charge in [0, 0.05) is 18.1 Å². The molecule has 2 heteroatoms. The van der Waals surface area contributed by atoms with Gasteiger partial charge in [-0.25, -0.2) is 0 Å². The van der Waals surface area contributed by atoms with Crippen molar-refractivity contribution in [2.45, 2.75) is 41.2 Å². The van der Waals surface area contributed by atoms with Gasteiger partial charge in [0.1, 0.15) is 0 Å². The van der Waals surface area contributed by atoms with Gasteiger partial charge in [-0.3, -0.25) is 0 Å². The van der Waals surface area contributed by atoms with E-state index in [9.17, 15) is 0 Å². The van der Waals surface area contributed by atoms with Crippen molar-refractivity contribution in [3.63, 3.8) is 0 Å². The van der Waals surface area contributed by atoms with Crippen molar-refractivity contribution in [2.24, 2.45) is 11.3 Å². The molecule has 0 spiro atoms. The Bertz CT molecular complexity index is 369. The number of rotatable bonds is 5. The molecule has 0 saturated heterocycles. The Morgan fingerprint density at radius 1 is 1.29 bits per heavy atom. The van der Waals surface area contributed by atoms with Crippen molar-refractivity contribution in [1.82, 2.24) is 5.32 Å².